The average molecular weight is 362 g/mol. The van der Waals surface area contributed by atoms with Gasteiger partial charge >= 0.3 is 5.97 Å². The average Bonchev–Trinajstić information content (AvgIpc) is 2.52. The van der Waals surface area contributed by atoms with Crippen LogP contribution in [0.1, 0.15) is 52.9 Å². The Bertz CT molecular complexity index is 525. The van der Waals surface area contributed by atoms with Crippen molar-refractivity contribution in [3.8, 4) is 0 Å². The molecule has 0 bridgehead atoms. The Morgan fingerprint density at radius 3 is 2.29 bits per heavy atom. The molecule has 1 rings (SSSR count). The fourth-order valence-electron chi connectivity index (χ4n) is 2.91. The number of sulfonamides is 1. The lowest BCUT2D eigenvalue weighted by atomic mass is 9.96. The molecule has 140 valence electrons. The van der Waals surface area contributed by atoms with Gasteiger partial charge in [-0.25, -0.2) is 12.7 Å². The summed E-state index contributed by atoms with van der Waals surface area (Å²) in [6.45, 7) is 6.62. The molecule has 1 heterocycles. The summed E-state index contributed by atoms with van der Waals surface area (Å²) in [5, 5.41) is 8.82. The number of nitrogens with zero attached hydrogens (tertiary/aromatic N) is 2. The molecule has 24 heavy (non-hydrogen) atoms. The molecule has 0 aromatic rings. The van der Waals surface area contributed by atoms with Crippen molar-refractivity contribution in [2.75, 3.05) is 25.4 Å². The van der Waals surface area contributed by atoms with Crippen molar-refractivity contribution in [2.45, 2.75) is 58.9 Å². The maximum atomic E-state index is 12.6. The van der Waals surface area contributed by atoms with Crippen LogP contribution in [-0.2, 0) is 19.6 Å². The molecule has 0 saturated carbocycles. The van der Waals surface area contributed by atoms with Gasteiger partial charge < -0.3 is 10.0 Å². The molecule has 1 aliphatic rings. The quantitative estimate of drug-likeness (QED) is 0.671. The van der Waals surface area contributed by atoms with Crippen molar-refractivity contribution in [3.63, 3.8) is 0 Å². The molecular weight excluding hydrogens is 332 g/mol. The highest BCUT2D eigenvalue weighted by atomic mass is 32.2. The van der Waals surface area contributed by atoms with E-state index in [1.54, 1.807) is 4.90 Å². The lowest BCUT2D eigenvalue weighted by Crippen LogP contribution is -2.47. The van der Waals surface area contributed by atoms with Crippen LogP contribution in [0.5, 0.6) is 0 Å². The Kier molecular flexibility index (Phi) is 8.15. The van der Waals surface area contributed by atoms with Crippen LogP contribution < -0.4 is 0 Å². The molecule has 0 unspecified atom stereocenters. The molecule has 0 aliphatic carbocycles. The zero-order valence-electron chi connectivity index (χ0n) is 14.9. The van der Waals surface area contributed by atoms with Crippen LogP contribution in [0.15, 0.2) is 0 Å². The molecule has 1 saturated heterocycles. The third-order valence-electron chi connectivity index (χ3n) is 4.43. The van der Waals surface area contributed by atoms with Gasteiger partial charge in [0.1, 0.15) is 0 Å². The number of hydrogen-bond donors (Lipinski definition) is 1. The first-order valence-corrected chi connectivity index (χ1v) is 10.3. The third kappa shape index (κ3) is 6.05. The predicted octanol–water partition coefficient (Wildman–Crippen LogP) is 1.54. The first-order chi connectivity index (χ1) is 11.2. The van der Waals surface area contributed by atoms with Gasteiger partial charge in [0, 0.05) is 31.6 Å². The fraction of sp³-hybridized carbons (Fsp3) is 0.875. The van der Waals surface area contributed by atoms with Crippen LogP contribution in [0.4, 0.5) is 0 Å². The van der Waals surface area contributed by atoms with Crippen molar-refractivity contribution in [2.24, 2.45) is 5.92 Å². The normalized spacial score (nSPS) is 17.2. The standard InChI is InChI=1S/C16H30N2O5S/c1-4-5-12-24(22,23)17-9-6-14(7-10-17)16(21)18(13(2)3)11-8-15(19)20/h13-14H,4-12H2,1-3H3,(H,19,20). The van der Waals surface area contributed by atoms with E-state index in [1.165, 1.54) is 4.31 Å². The molecule has 0 atom stereocenters. The number of piperidine rings is 1. The van der Waals surface area contributed by atoms with Gasteiger partial charge in [-0.15, -0.1) is 0 Å². The Hall–Kier alpha value is -1.15. The maximum Gasteiger partial charge on any atom is 0.305 e. The molecule has 1 amide bonds. The van der Waals surface area contributed by atoms with Gasteiger partial charge in [-0.05, 0) is 33.1 Å². The van der Waals surface area contributed by atoms with Gasteiger partial charge in [0.15, 0.2) is 0 Å². The van der Waals surface area contributed by atoms with E-state index in [4.69, 9.17) is 5.11 Å². The topological polar surface area (TPSA) is 95.0 Å². The number of aliphatic carboxylic acids is 1. The van der Waals surface area contributed by atoms with E-state index in [0.717, 1.165) is 6.42 Å². The SMILES string of the molecule is CCCCS(=O)(=O)N1CCC(C(=O)N(CCC(=O)O)C(C)C)CC1. The molecule has 7 nitrogen and oxygen atoms in total. The summed E-state index contributed by atoms with van der Waals surface area (Å²) in [5.74, 6) is -1.04. The lowest BCUT2D eigenvalue weighted by molar-refractivity contribution is -0.141. The van der Waals surface area contributed by atoms with E-state index in [-0.39, 0.29) is 36.6 Å². The second-order valence-corrected chi connectivity index (χ2v) is 8.70. The van der Waals surface area contributed by atoms with E-state index in [9.17, 15) is 18.0 Å². The summed E-state index contributed by atoms with van der Waals surface area (Å²) < 4.78 is 25.9. The zero-order chi connectivity index (χ0) is 18.3. The molecule has 0 spiro atoms. The summed E-state index contributed by atoms with van der Waals surface area (Å²) in [4.78, 5) is 25.0. The minimum absolute atomic E-state index is 0.0585. The summed E-state index contributed by atoms with van der Waals surface area (Å²) >= 11 is 0. The van der Waals surface area contributed by atoms with E-state index < -0.39 is 16.0 Å². The Morgan fingerprint density at radius 1 is 1.25 bits per heavy atom. The number of rotatable bonds is 9. The number of carboxylic acids is 1. The summed E-state index contributed by atoms with van der Waals surface area (Å²) in [7, 11) is -3.22. The van der Waals surface area contributed by atoms with Gasteiger partial charge in [-0.1, -0.05) is 13.3 Å². The van der Waals surface area contributed by atoms with Gasteiger partial charge in [0.05, 0.1) is 12.2 Å². The van der Waals surface area contributed by atoms with Gasteiger partial charge in [-0.2, -0.15) is 0 Å². The second-order valence-electron chi connectivity index (χ2n) is 6.61. The van der Waals surface area contributed by atoms with Crippen LogP contribution in [0, 0.1) is 5.92 Å². The Labute approximate surface area is 145 Å². The van der Waals surface area contributed by atoms with Gasteiger partial charge in [-0.3, -0.25) is 9.59 Å². The lowest BCUT2D eigenvalue weighted by Gasteiger charge is -2.35. The molecule has 0 aromatic heterocycles. The number of carbonyl (C=O) groups excluding carboxylic acids is 1. The van der Waals surface area contributed by atoms with E-state index in [1.807, 2.05) is 20.8 Å². The molecule has 1 fully saturated rings. The van der Waals surface area contributed by atoms with Crippen molar-refractivity contribution in [1.82, 2.24) is 9.21 Å². The van der Waals surface area contributed by atoms with Crippen LogP contribution in [0.2, 0.25) is 0 Å². The molecular formula is C16H30N2O5S. The van der Waals surface area contributed by atoms with Crippen LogP contribution in [0.25, 0.3) is 0 Å². The van der Waals surface area contributed by atoms with Crippen molar-refractivity contribution in [3.05, 3.63) is 0 Å². The van der Waals surface area contributed by atoms with Crippen LogP contribution in [0.3, 0.4) is 0 Å². The fourth-order valence-corrected chi connectivity index (χ4v) is 4.59. The largest absolute Gasteiger partial charge is 0.481 e. The van der Waals surface area contributed by atoms with Crippen LogP contribution in [-0.4, -0.2) is 66.0 Å². The number of carboxylic acid groups (broad SMARTS) is 1. The molecule has 1 N–H and O–H groups in total. The number of hydrogen-bond acceptors (Lipinski definition) is 4. The van der Waals surface area contributed by atoms with Gasteiger partial charge in [0.25, 0.3) is 0 Å². The first kappa shape index (κ1) is 20.9. The summed E-state index contributed by atoms with van der Waals surface area (Å²) in [6, 6.07) is -0.0665. The Morgan fingerprint density at radius 2 is 1.83 bits per heavy atom. The summed E-state index contributed by atoms with van der Waals surface area (Å²) in [6.07, 6.45) is 2.41. The van der Waals surface area contributed by atoms with E-state index >= 15 is 0 Å². The van der Waals surface area contributed by atoms with Gasteiger partial charge in [0.2, 0.25) is 15.9 Å². The first-order valence-electron chi connectivity index (χ1n) is 8.69. The minimum Gasteiger partial charge on any atom is -0.481 e. The minimum atomic E-state index is -3.22. The van der Waals surface area contributed by atoms with Crippen molar-refractivity contribution < 1.29 is 23.1 Å². The number of carbonyl (C=O) groups is 2. The Balaban J connectivity index is 2.61. The van der Waals surface area contributed by atoms with E-state index in [0.29, 0.717) is 32.4 Å². The molecule has 8 heteroatoms. The molecule has 1 aliphatic heterocycles. The number of unbranched alkanes of at least 4 members (excludes halogenated alkanes) is 1. The second kappa shape index (κ2) is 9.36. The summed E-state index contributed by atoms with van der Waals surface area (Å²) in [5.41, 5.74) is 0. The van der Waals surface area contributed by atoms with Crippen molar-refractivity contribution in [1.29, 1.82) is 0 Å². The highest BCUT2D eigenvalue weighted by Crippen LogP contribution is 2.23. The predicted molar refractivity (Wildman–Crippen MR) is 92.1 cm³/mol. The number of amides is 1. The highest BCUT2D eigenvalue weighted by Gasteiger charge is 2.33. The smallest absolute Gasteiger partial charge is 0.305 e. The molecule has 0 radical (unpaired) electrons. The third-order valence-corrected chi connectivity index (χ3v) is 6.38. The maximum absolute atomic E-state index is 12.6. The molecule has 0 aromatic carbocycles. The van der Waals surface area contributed by atoms with Crippen molar-refractivity contribution >= 4 is 21.9 Å². The van der Waals surface area contributed by atoms with E-state index in [2.05, 4.69) is 0 Å². The zero-order valence-corrected chi connectivity index (χ0v) is 15.7. The van der Waals surface area contributed by atoms with Crippen LogP contribution >= 0.6 is 0 Å². The highest BCUT2D eigenvalue weighted by molar-refractivity contribution is 7.89. The monoisotopic (exact) mass is 362 g/mol.